The zero-order valence-electron chi connectivity index (χ0n) is 10.8. The Labute approximate surface area is 107 Å². The topological polar surface area (TPSA) is 31.2 Å². The molecule has 0 amide bonds. The molecule has 0 radical (unpaired) electrons. The lowest BCUT2D eigenvalue weighted by Gasteiger charge is -2.32. The van der Waals surface area contributed by atoms with Crippen LogP contribution < -0.4 is 0 Å². The minimum Gasteiger partial charge on any atom is -0.461 e. The highest BCUT2D eigenvalue weighted by atomic mass is 16.6. The number of nitrogens with zero attached hydrogens (tertiary/aromatic N) is 1. The summed E-state index contributed by atoms with van der Waals surface area (Å²) in [6.07, 6.45) is 7.23. The largest absolute Gasteiger partial charge is 0.461 e. The van der Waals surface area contributed by atoms with Gasteiger partial charge in [-0.3, -0.25) is 4.79 Å². The number of hydrogen-bond donors (Lipinski definition) is 0. The van der Waals surface area contributed by atoms with Crippen LogP contribution in [0.1, 0.15) is 55.7 Å². The molecule has 0 unspecified atom stereocenters. The standard InChI is InChI=1S/C15H19NO2/c1-9-13-11-5-7-16-6-3-2-4-10(14(11)16)8-12(13)18-15(9)17/h5,7,9-10,12-13H,2-4,6,8H2,1H3/t9-,10-,12+,13-/m1/s1. The summed E-state index contributed by atoms with van der Waals surface area (Å²) in [5.41, 5.74) is 2.91. The van der Waals surface area contributed by atoms with Gasteiger partial charge in [0.2, 0.25) is 0 Å². The smallest absolute Gasteiger partial charge is 0.309 e. The Morgan fingerprint density at radius 1 is 1.39 bits per heavy atom. The Morgan fingerprint density at radius 3 is 3.17 bits per heavy atom. The first-order chi connectivity index (χ1) is 8.75. The summed E-state index contributed by atoms with van der Waals surface area (Å²) in [6, 6.07) is 2.24. The van der Waals surface area contributed by atoms with E-state index in [2.05, 4.69) is 16.8 Å². The van der Waals surface area contributed by atoms with Crippen LogP contribution in [0.25, 0.3) is 0 Å². The van der Waals surface area contributed by atoms with Crippen LogP contribution in [0.5, 0.6) is 0 Å². The molecule has 18 heavy (non-hydrogen) atoms. The van der Waals surface area contributed by atoms with E-state index in [9.17, 15) is 4.79 Å². The number of aromatic nitrogens is 1. The first-order valence-corrected chi connectivity index (χ1v) is 7.15. The van der Waals surface area contributed by atoms with Crippen LogP contribution in [0, 0.1) is 5.92 Å². The average molecular weight is 245 g/mol. The van der Waals surface area contributed by atoms with Gasteiger partial charge in [0.1, 0.15) is 6.10 Å². The van der Waals surface area contributed by atoms with E-state index in [1.807, 2.05) is 6.92 Å². The van der Waals surface area contributed by atoms with Gasteiger partial charge in [0.25, 0.3) is 0 Å². The Morgan fingerprint density at radius 2 is 2.28 bits per heavy atom. The summed E-state index contributed by atoms with van der Waals surface area (Å²) < 4.78 is 8.02. The molecule has 0 aromatic carbocycles. The van der Waals surface area contributed by atoms with Gasteiger partial charge >= 0.3 is 5.97 Å². The Hall–Kier alpha value is -1.25. The summed E-state index contributed by atoms with van der Waals surface area (Å²) in [4.78, 5) is 11.8. The first kappa shape index (κ1) is 10.7. The number of aryl methyl sites for hydroxylation is 1. The number of carbonyl (C=O) groups excluding carboxylic acids is 1. The van der Waals surface area contributed by atoms with Crippen LogP contribution in [0.4, 0.5) is 0 Å². The van der Waals surface area contributed by atoms with E-state index in [0.717, 1.165) is 13.0 Å². The van der Waals surface area contributed by atoms with Crippen molar-refractivity contribution in [3.63, 3.8) is 0 Å². The zero-order chi connectivity index (χ0) is 12.3. The molecule has 0 bridgehead atoms. The predicted molar refractivity (Wildman–Crippen MR) is 67.4 cm³/mol. The van der Waals surface area contributed by atoms with Crippen molar-refractivity contribution < 1.29 is 9.53 Å². The van der Waals surface area contributed by atoms with E-state index in [-0.39, 0.29) is 18.0 Å². The number of ether oxygens (including phenoxy) is 1. The van der Waals surface area contributed by atoms with Gasteiger partial charge in [-0.2, -0.15) is 0 Å². The summed E-state index contributed by atoms with van der Waals surface area (Å²) in [7, 11) is 0. The van der Waals surface area contributed by atoms with Crippen molar-refractivity contribution >= 4 is 5.97 Å². The molecule has 4 atom stereocenters. The van der Waals surface area contributed by atoms with Crippen molar-refractivity contribution in [1.29, 1.82) is 0 Å². The Bertz CT molecular complexity index is 505. The maximum absolute atomic E-state index is 11.8. The van der Waals surface area contributed by atoms with Crippen LogP contribution in [-0.4, -0.2) is 16.6 Å². The normalized spacial score (nSPS) is 37.7. The summed E-state index contributed by atoms with van der Waals surface area (Å²) in [5.74, 6) is 0.952. The van der Waals surface area contributed by atoms with Crippen molar-refractivity contribution in [3.05, 3.63) is 23.5 Å². The van der Waals surface area contributed by atoms with Gasteiger partial charge < -0.3 is 9.30 Å². The molecule has 1 fully saturated rings. The van der Waals surface area contributed by atoms with Crippen molar-refractivity contribution in [2.45, 2.75) is 57.1 Å². The lowest BCUT2D eigenvalue weighted by atomic mass is 9.74. The molecule has 96 valence electrons. The van der Waals surface area contributed by atoms with Crippen molar-refractivity contribution in [1.82, 2.24) is 4.57 Å². The molecule has 1 saturated heterocycles. The lowest BCUT2D eigenvalue weighted by Crippen LogP contribution is -2.27. The molecular formula is C15H19NO2. The van der Waals surface area contributed by atoms with E-state index in [1.165, 1.54) is 30.5 Å². The van der Waals surface area contributed by atoms with E-state index in [0.29, 0.717) is 11.8 Å². The van der Waals surface area contributed by atoms with Crippen LogP contribution >= 0.6 is 0 Å². The molecule has 3 aliphatic rings. The number of esters is 1. The molecule has 0 saturated carbocycles. The highest BCUT2D eigenvalue weighted by molar-refractivity contribution is 5.76. The minimum absolute atomic E-state index is 0.00131. The maximum atomic E-state index is 11.8. The second-order valence-electron chi connectivity index (χ2n) is 6.07. The van der Waals surface area contributed by atoms with Gasteiger partial charge in [0.15, 0.2) is 0 Å². The quantitative estimate of drug-likeness (QED) is 0.658. The highest BCUT2D eigenvalue weighted by Crippen LogP contribution is 2.50. The van der Waals surface area contributed by atoms with Gasteiger partial charge in [-0.05, 0) is 30.9 Å². The first-order valence-electron chi connectivity index (χ1n) is 7.15. The Kier molecular flexibility index (Phi) is 2.14. The molecule has 2 aliphatic heterocycles. The molecule has 1 aromatic rings. The number of fused-ring (bicyclic) bond motifs is 2. The molecule has 3 heteroatoms. The molecule has 1 aliphatic carbocycles. The van der Waals surface area contributed by atoms with Crippen molar-refractivity contribution in [3.8, 4) is 0 Å². The number of hydrogen-bond acceptors (Lipinski definition) is 2. The van der Waals surface area contributed by atoms with E-state index >= 15 is 0 Å². The van der Waals surface area contributed by atoms with Crippen LogP contribution in [-0.2, 0) is 16.1 Å². The number of carbonyl (C=O) groups is 1. The van der Waals surface area contributed by atoms with Crippen LogP contribution in [0.2, 0.25) is 0 Å². The third kappa shape index (κ3) is 1.28. The molecule has 0 spiro atoms. The molecule has 0 N–H and O–H groups in total. The number of rotatable bonds is 0. The summed E-state index contributed by atoms with van der Waals surface area (Å²) >= 11 is 0. The molecule has 4 rings (SSSR count). The molecule has 1 aromatic heterocycles. The van der Waals surface area contributed by atoms with Gasteiger partial charge in [0.05, 0.1) is 5.92 Å². The van der Waals surface area contributed by atoms with Gasteiger partial charge in [0, 0.05) is 30.3 Å². The van der Waals surface area contributed by atoms with Crippen molar-refractivity contribution in [2.75, 3.05) is 0 Å². The van der Waals surface area contributed by atoms with Gasteiger partial charge in [-0.15, -0.1) is 0 Å². The minimum atomic E-state index is 0.00131. The summed E-state index contributed by atoms with van der Waals surface area (Å²) in [5, 5.41) is 0. The lowest BCUT2D eigenvalue weighted by molar-refractivity contribution is -0.144. The van der Waals surface area contributed by atoms with E-state index < -0.39 is 0 Å². The van der Waals surface area contributed by atoms with E-state index in [1.54, 1.807) is 0 Å². The SMILES string of the molecule is C[C@H]1C(=O)O[C@H]2C[C@H]3CCCCn4ccc(c43)[C@H]21. The fourth-order valence-electron chi connectivity index (χ4n) is 4.23. The maximum Gasteiger partial charge on any atom is 0.309 e. The van der Waals surface area contributed by atoms with Gasteiger partial charge in [-0.1, -0.05) is 13.3 Å². The second kappa shape index (κ2) is 3.62. The van der Waals surface area contributed by atoms with Crippen molar-refractivity contribution in [2.24, 2.45) is 5.92 Å². The summed E-state index contributed by atoms with van der Waals surface area (Å²) in [6.45, 7) is 3.17. The van der Waals surface area contributed by atoms with E-state index in [4.69, 9.17) is 4.74 Å². The van der Waals surface area contributed by atoms with Gasteiger partial charge in [-0.25, -0.2) is 0 Å². The van der Waals surface area contributed by atoms with Crippen LogP contribution in [0.15, 0.2) is 12.3 Å². The third-order valence-electron chi connectivity index (χ3n) is 5.08. The molecular weight excluding hydrogens is 226 g/mol. The fourth-order valence-corrected chi connectivity index (χ4v) is 4.23. The average Bonchev–Trinajstić information content (AvgIpc) is 2.80. The second-order valence-corrected chi connectivity index (χ2v) is 6.07. The Balaban J connectivity index is 1.85. The fraction of sp³-hybridized carbons (Fsp3) is 0.667. The molecule has 3 heterocycles. The zero-order valence-corrected chi connectivity index (χ0v) is 10.8. The predicted octanol–water partition coefficient (Wildman–Crippen LogP) is 2.80. The van der Waals surface area contributed by atoms with Crippen LogP contribution in [0.3, 0.4) is 0 Å². The monoisotopic (exact) mass is 245 g/mol. The molecule has 3 nitrogen and oxygen atoms in total. The highest BCUT2D eigenvalue weighted by Gasteiger charge is 2.48. The third-order valence-corrected chi connectivity index (χ3v) is 5.08.